The third-order valence-corrected chi connectivity index (χ3v) is 3.58. The first-order valence-corrected chi connectivity index (χ1v) is 5.23. The van der Waals surface area contributed by atoms with E-state index >= 15 is 0 Å². The number of nitrogens with zero attached hydrogens (tertiary/aromatic N) is 1. The zero-order valence-corrected chi connectivity index (χ0v) is 7.93. The maximum absolute atomic E-state index is 5.68. The Labute approximate surface area is 80.1 Å². The van der Waals surface area contributed by atoms with Crippen LogP contribution in [0.25, 0.3) is 0 Å². The quantitative estimate of drug-likeness (QED) is 0.628. The summed E-state index contributed by atoms with van der Waals surface area (Å²) in [5.41, 5.74) is 6.86. The second-order valence-corrected chi connectivity index (χ2v) is 4.58. The Balaban J connectivity index is 2.05. The van der Waals surface area contributed by atoms with Crippen molar-refractivity contribution in [3.8, 4) is 0 Å². The summed E-state index contributed by atoms with van der Waals surface area (Å²) < 4.78 is 5.48. The summed E-state index contributed by atoms with van der Waals surface area (Å²) in [5.74, 6) is 0. The normalized spacial score (nSPS) is 31.4. The fraction of sp³-hybridized carbons (Fsp3) is 0.625. The molecule has 1 saturated heterocycles. The van der Waals surface area contributed by atoms with Gasteiger partial charge in [0.1, 0.15) is 0 Å². The lowest BCUT2D eigenvalue weighted by Gasteiger charge is -2.34. The third kappa shape index (κ3) is 1.15. The molecule has 2 aliphatic heterocycles. The molecule has 1 fully saturated rings. The van der Waals surface area contributed by atoms with Gasteiger partial charge in [-0.3, -0.25) is 0 Å². The molecule has 4 nitrogen and oxygen atoms in total. The van der Waals surface area contributed by atoms with Gasteiger partial charge in [-0.25, -0.2) is 4.98 Å². The molecule has 3 N–H and O–H groups in total. The van der Waals surface area contributed by atoms with E-state index in [-0.39, 0.29) is 0 Å². The van der Waals surface area contributed by atoms with Gasteiger partial charge in [0.25, 0.3) is 0 Å². The first-order chi connectivity index (χ1) is 6.33. The molecule has 5 heteroatoms. The summed E-state index contributed by atoms with van der Waals surface area (Å²) in [6, 6.07) is 0.769. The van der Waals surface area contributed by atoms with Gasteiger partial charge in [0, 0.05) is 17.3 Å². The van der Waals surface area contributed by atoms with Gasteiger partial charge in [-0.2, -0.15) is 0 Å². The molecule has 0 saturated carbocycles. The highest BCUT2D eigenvalue weighted by molar-refractivity contribution is 7.15. The van der Waals surface area contributed by atoms with Gasteiger partial charge in [-0.05, 0) is 0 Å². The second-order valence-electron chi connectivity index (χ2n) is 3.52. The summed E-state index contributed by atoms with van der Waals surface area (Å²) in [4.78, 5) is 5.61. The predicted molar refractivity (Wildman–Crippen MR) is 50.7 cm³/mol. The maximum atomic E-state index is 5.68. The van der Waals surface area contributed by atoms with Crippen LogP contribution in [-0.2, 0) is 11.2 Å². The number of anilines is 1. The minimum Gasteiger partial charge on any atom is -0.378 e. The van der Waals surface area contributed by atoms with E-state index in [4.69, 9.17) is 10.5 Å². The fourth-order valence-electron chi connectivity index (χ4n) is 2.01. The lowest BCUT2D eigenvalue weighted by atomic mass is 10.0. The van der Waals surface area contributed by atoms with Crippen LogP contribution < -0.4 is 11.1 Å². The lowest BCUT2D eigenvalue weighted by Crippen LogP contribution is -2.48. The van der Waals surface area contributed by atoms with E-state index in [0.717, 1.165) is 19.6 Å². The van der Waals surface area contributed by atoms with Gasteiger partial charge >= 0.3 is 0 Å². The van der Waals surface area contributed by atoms with Crippen molar-refractivity contribution < 1.29 is 4.74 Å². The van der Waals surface area contributed by atoms with Gasteiger partial charge in [0.05, 0.1) is 24.9 Å². The zero-order valence-electron chi connectivity index (χ0n) is 7.12. The SMILES string of the molecule is Nc1nc2c(s1)C1COCC(C2)N1. The number of thiazole rings is 1. The van der Waals surface area contributed by atoms with E-state index in [2.05, 4.69) is 10.3 Å². The standard InChI is InChI=1S/C8H11N3OS/c9-8-11-5-1-4-2-12-3-6(10-4)7(5)13-8/h4,6,10H,1-3H2,(H2,9,11). The number of nitrogen functional groups attached to an aromatic ring is 1. The van der Waals surface area contributed by atoms with Crippen LogP contribution in [0.4, 0.5) is 5.13 Å². The molecular weight excluding hydrogens is 186 g/mol. The Kier molecular flexibility index (Phi) is 1.59. The zero-order chi connectivity index (χ0) is 8.84. The van der Waals surface area contributed by atoms with E-state index in [1.54, 1.807) is 11.3 Å². The molecule has 1 aromatic heterocycles. The molecule has 3 heterocycles. The van der Waals surface area contributed by atoms with Gasteiger partial charge in [-0.15, -0.1) is 11.3 Å². The first-order valence-electron chi connectivity index (χ1n) is 4.42. The Morgan fingerprint density at radius 1 is 1.54 bits per heavy atom. The van der Waals surface area contributed by atoms with Crippen molar-refractivity contribution >= 4 is 16.5 Å². The summed E-state index contributed by atoms with van der Waals surface area (Å²) in [6.07, 6.45) is 0.958. The summed E-state index contributed by atoms with van der Waals surface area (Å²) in [5, 5.41) is 4.19. The molecule has 0 radical (unpaired) electrons. The molecule has 2 atom stereocenters. The van der Waals surface area contributed by atoms with Crippen molar-refractivity contribution in [3.05, 3.63) is 10.6 Å². The van der Waals surface area contributed by atoms with Crippen molar-refractivity contribution in [2.45, 2.75) is 18.5 Å². The van der Waals surface area contributed by atoms with Crippen molar-refractivity contribution in [2.24, 2.45) is 0 Å². The van der Waals surface area contributed by atoms with Gasteiger partial charge in [-0.1, -0.05) is 0 Å². The van der Waals surface area contributed by atoms with Crippen molar-refractivity contribution in [3.63, 3.8) is 0 Å². The molecule has 0 aliphatic carbocycles. The predicted octanol–water partition coefficient (Wildman–Crippen LogP) is 0.311. The average Bonchev–Trinajstić information content (AvgIpc) is 2.47. The minimum absolute atomic E-state index is 0.331. The largest absolute Gasteiger partial charge is 0.378 e. The van der Waals surface area contributed by atoms with Crippen molar-refractivity contribution in [1.29, 1.82) is 0 Å². The lowest BCUT2D eigenvalue weighted by molar-refractivity contribution is 0.0395. The molecule has 13 heavy (non-hydrogen) atoms. The maximum Gasteiger partial charge on any atom is 0.180 e. The van der Waals surface area contributed by atoms with Gasteiger partial charge < -0.3 is 15.8 Å². The van der Waals surface area contributed by atoms with Crippen LogP contribution in [0.2, 0.25) is 0 Å². The van der Waals surface area contributed by atoms with Crippen LogP contribution >= 0.6 is 11.3 Å². The van der Waals surface area contributed by atoms with Gasteiger partial charge in [0.2, 0.25) is 0 Å². The number of nitrogens with two attached hydrogens (primary N) is 1. The highest BCUT2D eigenvalue weighted by Gasteiger charge is 2.32. The fourth-order valence-corrected chi connectivity index (χ4v) is 2.92. The third-order valence-electron chi connectivity index (χ3n) is 2.54. The highest BCUT2D eigenvalue weighted by Crippen LogP contribution is 2.33. The Hall–Kier alpha value is -0.650. The van der Waals surface area contributed by atoms with Crippen LogP contribution in [0, 0.1) is 0 Å². The molecule has 0 aromatic carbocycles. The molecule has 0 spiro atoms. The van der Waals surface area contributed by atoms with Crippen molar-refractivity contribution in [2.75, 3.05) is 18.9 Å². The molecule has 70 valence electrons. The molecule has 2 aliphatic rings. The molecule has 3 rings (SSSR count). The smallest absolute Gasteiger partial charge is 0.180 e. The number of morpholine rings is 1. The Bertz CT molecular complexity index is 338. The molecule has 2 bridgehead atoms. The highest BCUT2D eigenvalue weighted by atomic mass is 32.1. The number of aromatic nitrogens is 1. The number of hydrogen-bond donors (Lipinski definition) is 2. The summed E-state index contributed by atoms with van der Waals surface area (Å²) >= 11 is 1.58. The molecular formula is C8H11N3OS. The Morgan fingerprint density at radius 2 is 2.46 bits per heavy atom. The number of hydrogen-bond acceptors (Lipinski definition) is 5. The van der Waals surface area contributed by atoms with Crippen molar-refractivity contribution in [1.82, 2.24) is 10.3 Å². The number of ether oxygens (including phenoxy) is 1. The van der Waals surface area contributed by atoms with E-state index in [0.29, 0.717) is 17.2 Å². The van der Waals surface area contributed by atoms with E-state index in [1.807, 2.05) is 0 Å². The summed E-state index contributed by atoms with van der Waals surface area (Å²) in [7, 11) is 0. The summed E-state index contributed by atoms with van der Waals surface area (Å²) in [6.45, 7) is 1.55. The van der Waals surface area contributed by atoms with E-state index < -0.39 is 0 Å². The Morgan fingerprint density at radius 3 is 3.38 bits per heavy atom. The average molecular weight is 197 g/mol. The molecule has 2 unspecified atom stereocenters. The van der Waals surface area contributed by atoms with Crippen LogP contribution in [0.15, 0.2) is 0 Å². The second kappa shape index (κ2) is 2.67. The van der Waals surface area contributed by atoms with Crippen LogP contribution in [0.3, 0.4) is 0 Å². The van der Waals surface area contributed by atoms with Gasteiger partial charge in [0.15, 0.2) is 5.13 Å². The number of nitrogens with one attached hydrogen (secondary N) is 1. The van der Waals surface area contributed by atoms with E-state index in [1.165, 1.54) is 10.6 Å². The van der Waals surface area contributed by atoms with E-state index in [9.17, 15) is 0 Å². The minimum atomic E-state index is 0.331. The topological polar surface area (TPSA) is 60.2 Å². The molecule has 1 aromatic rings. The monoisotopic (exact) mass is 197 g/mol. The first kappa shape index (κ1) is 7.73. The number of rotatable bonds is 0. The van der Waals surface area contributed by atoms with Crippen LogP contribution in [0.5, 0.6) is 0 Å². The van der Waals surface area contributed by atoms with Crippen LogP contribution in [-0.4, -0.2) is 24.2 Å². The van der Waals surface area contributed by atoms with Crippen LogP contribution in [0.1, 0.15) is 16.6 Å². The molecule has 0 amide bonds. The number of fused-ring (bicyclic) bond motifs is 4.